The van der Waals surface area contributed by atoms with Gasteiger partial charge in [0.05, 0.1) is 18.3 Å². The smallest absolute Gasteiger partial charge is 0.173 e. The van der Waals surface area contributed by atoms with Gasteiger partial charge in [0, 0.05) is 30.1 Å². The number of carbonyl (C=O) groups is 1. The van der Waals surface area contributed by atoms with Crippen LogP contribution in [0.15, 0.2) is 42.0 Å². The van der Waals surface area contributed by atoms with Crippen LogP contribution in [0.25, 0.3) is 16.8 Å². The second-order valence-electron chi connectivity index (χ2n) is 7.21. The van der Waals surface area contributed by atoms with Gasteiger partial charge in [-0.3, -0.25) is 4.79 Å². The molecule has 3 N–H and O–H groups in total. The van der Waals surface area contributed by atoms with E-state index in [1.807, 2.05) is 36.4 Å². The van der Waals surface area contributed by atoms with Crippen molar-refractivity contribution >= 4 is 28.3 Å². The van der Waals surface area contributed by atoms with Crippen LogP contribution >= 0.6 is 0 Å². The Hall–Kier alpha value is -2.72. The Kier molecular flexibility index (Phi) is 6.10. The molecule has 3 rings (SSSR count). The van der Waals surface area contributed by atoms with Crippen molar-refractivity contribution in [3.63, 3.8) is 0 Å². The Labute approximate surface area is 163 Å². The molecule has 146 valence electrons. The number of aliphatic hydroxyl groups is 3. The summed E-state index contributed by atoms with van der Waals surface area (Å²) in [6.07, 6.45) is -1.04. The van der Waals surface area contributed by atoms with Crippen molar-refractivity contribution < 1.29 is 20.1 Å². The Morgan fingerprint density at radius 3 is 2.71 bits per heavy atom. The Morgan fingerprint density at radius 1 is 1.32 bits per heavy atom. The van der Waals surface area contributed by atoms with E-state index in [0.717, 1.165) is 28.6 Å². The number of hydrogen-bond donors (Lipinski definition) is 3. The van der Waals surface area contributed by atoms with Crippen LogP contribution in [0.3, 0.4) is 0 Å². The summed E-state index contributed by atoms with van der Waals surface area (Å²) in [5, 5.41) is 39.4. The lowest BCUT2D eigenvalue weighted by Crippen LogP contribution is -2.29. The Balaban J connectivity index is 1.81. The first kappa shape index (κ1) is 20.0. The molecular formula is C22H24N2O4. The summed E-state index contributed by atoms with van der Waals surface area (Å²) < 4.78 is 0. The molecule has 6 heteroatoms. The highest BCUT2D eigenvalue weighted by molar-refractivity contribution is 6.04. The second kappa shape index (κ2) is 8.53. The normalized spacial score (nSPS) is 18.6. The molecule has 28 heavy (non-hydrogen) atoms. The molecule has 1 aliphatic rings. The number of benzene rings is 2. The number of ketones is 1. The molecule has 0 spiro atoms. The summed E-state index contributed by atoms with van der Waals surface area (Å²) >= 11 is 0. The summed E-state index contributed by atoms with van der Waals surface area (Å²) in [5.74, 6) is -0.403. The molecule has 3 atom stereocenters. The van der Waals surface area contributed by atoms with E-state index in [1.54, 1.807) is 6.08 Å². The number of hydrogen-bond acceptors (Lipinski definition) is 6. The zero-order chi connectivity index (χ0) is 20.3. The van der Waals surface area contributed by atoms with E-state index in [0.29, 0.717) is 6.04 Å². The van der Waals surface area contributed by atoms with Crippen LogP contribution in [-0.4, -0.2) is 52.5 Å². The van der Waals surface area contributed by atoms with Gasteiger partial charge in [0.15, 0.2) is 5.78 Å². The number of rotatable bonds is 8. The van der Waals surface area contributed by atoms with E-state index in [4.69, 9.17) is 5.11 Å². The van der Waals surface area contributed by atoms with Crippen molar-refractivity contribution in [1.29, 1.82) is 5.26 Å². The van der Waals surface area contributed by atoms with Gasteiger partial charge in [0.1, 0.15) is 12.2 Å². The number of Topliss-reactive ketones (excluding diaryl/α,β-unsaturated/α-hetero) is 1. The van der Waals surface area contributed by atoms with Crippen LogP contribution in [0.2, 0.25) is 0 Å². The molecule has 1 fully saturated rings. The number of aliphatic hydroxyl groups excluding tert-OH is 3. The molecule has 1 aliphatic heterocycles. The third-order valence-electron chi connectivity index (χ3n) is 5.08. The first-order valence-electron chi connectivity index (χ1n) is 9.36. The molecule has 3 unspecified atom stereocenters. The maximum absolute atomic E-state index is 12.3. The molecule has 0 radical (unpaired) electrons. The van der Waals surface area contributed by atoms with Crippen molar-refractivity contribution in [3.05, 3.63) is 47.5 Å². The number of nitrogens with zero attached hydrogens (tertiary/aromatic N) is 2. The molecule has 6 nitrogen and oxygen atoms in total. The molecule has 0 aromatic heterocycles. The van der Waals surface area contributed by atoms with Crippen LogP contribution < -0.4 is 4.90 Å². The summed E-state index contributed by atoms with van der Waals surface area (Å²) in [4.78, 5) is 14.6. The largest absolute Gasteiger partial charge is 0.394 e. The minimum atomic E-state index is -1.29. The number of nitriles is 1. The van der Waals surface area contributed by atoms with Crippen LogP contribution in [0.1, 0.15) is 25.3 Å². The summed E-state index contributed by atoms with van der Waals surface area (Å²) in [6, 6.07) is 14.4. The molecule has 0 aliphatic carbocycles. The van der Waals surface area contributed by atoms with E-state index in [2.05, 4.69) is 17.9 Å². The van der Waals surface area contributed by atoms with Crippen molar-refractivity contribution in [2.45, 2.75) is 38.0 Å². The zero-order valence-corrected chi connectivity index (χ0v) is 15.7. The summed E-state index contributed by atoms with van der Waals surface area (Å²) in [6.45, 7) is 2.60. The highest BCUT2D eigenvalue weighted by Crippen LogP contribution is 2.34. The van der Waals surface area contributed by atoms with Crippen LogP contribution in [0.5, 0.6) is 0 Å². The molecule has 0 amide bonds. The lowest BCUT2D eigenvalue weighted by Gasteiger charge is -2.14. The van der Waals surface area contributed by atoms with Gasteiger partial charge in [-0.25, -0.2) is 0 Å². The third kappa shape index (κ3) is 4.39. The quantitative estimate of drug-likeness (QED) is 0.368. The van der Waals surface area contributed by atoms with Crippen molar-refractivity contribution in [3.8, 4) is 6.07 Å². The van der Waals surface area contributed by atoms with Crippen molar-refractivity contribution in [2.75, 3.05) is 18.1 Å². The monoisotopic (exact) mass is 380 g/mol. The highest BCUT2D eigenvalue weighted by Gasteiger charge is 2.30. The summed E-state index contributed by atoms with van der Waals surface area (Å²) in [7, 11) is 0. The van der Waals surface area contributed by atoms with Crippen LogP contribution in [0, 0.1) is 11.3 Å². The topological polar surface area (TPSA) is 105 Å². The maximum Gasteiger partial charge on any atom is 0.173 e. The first-order chi connectivity index (χ1) is 13.4. The van der Waals surface area contributed by atoms with Gasteiger partial charge in [-0.05, 0) is 42.5 Å². The lowest BCUT2D eigenvalue weighted by molar-refractivity contribution is -0.116. The fourth-order valence-corrected chi connectivity index (χ4v) is 3.26. The fourth-order valence-electron chi connectivity index (χ4n) is 3.26. The predicted molar refractivity (Wildman–Crippen MR) is 108 cm³/mol. The van der Waals surface area contributed by atoms with Crippen molar-refractivity contribution in [1.82, 2.24) is 0 Å². The van der Waals surface area contributed by atoms with Crippen LogP contribution in [-0.2, 0) is 4.79 Å². The van der Waals surface area contributed by atoms with E-state index < -0.39 is 24.6 Å². The zero-order valence-electron chi connectivity index (χ0n) is 15.7. The third-order valence-corrected chi connectivity index (χ3v) is 5.08. The molecule has 2 aromatic carbocycles. The van der Waals surface area contributed by atoms with E-state index in [9.17, 15) is 20.3 Å². The first-order valence-corrected chi connectivity index (χ1v) is 9.36. The van der Waals surface area contributed by atoms with Crippen molar-refractivity contribution in [2.24, 2.45) is 0 Å². The predicted octanol–water partition coefficient (Wildman–Crippen LogP) is 2.02. The van der Waals surface area contributed by atoms with E-state index >= 15 is 0 Å². The average molecular weight is 380 g/mol. The number of anilines is 1. The van der Waals surface area contributed by atoms with Gasteiger partial charge in [-0.2, -0.15) is 5.26 Å². The van der Waals surface area contributed by atoms with Gasteiger partial charge in [-0.15, -0.1) is 0 Å². The fraction of sp³-hybridized carbons (Fsp3) is 0.364. The van der Waals surface area contributed by atoms with Gasteiger partial charge < -0.3 is 20.2 Å². The SMILES string of the molecule is CC1CN1c1cccc2ccc(/C=C(\C#N)C(=O)CCC(O)C(O)CO)cc12. The Bertz CT molecular complexity index is 947. The van der Waals surface area contributed by atoms with Crippen LogP contribution in [0.4, 0.5) is 5.69 Å². The molecule has 0 bridgehead atoms. The number of carbonyl (C=O) groups excluding carboxylic acids is 1. The van der Waals surface area contributed by atoms with E-state index in [-0.39, 0.29) is 18.4 Å². The van der Waals surface area contributed by atoms with Gasteiger partial charge in [0.2, 0.25) is 0 Å². The van der Waals surface area contributed by atoms with Gasteiger partial charge in [-0.1, -0.05) is 24.3 Å². The van der Waals surface area contributed by atoms with Gasteiger partial charge >= 0.3 is 0 Å². The minimum Gasteiger partial charge on any atom is -0.394 e. The highest BCUT2D eigenvalue weighted by atomic mass is 16.4. The van der Waals surface area contributed by atoms with Gasteiger partial charge in [0.25, 0.3) is 0 Å². The average Bonchev–Trinajstić information content (AvgIpc) is 3.44. The summed E-state index contributed by atoms with van der Waals surface area (Å²) in [5.41, 5.74) is 1.91. The molecule has 1 saturated heterocycles. The van der Waals surface area contributed by atoms with E-state index in [1.165, 1.54) is 0 Å². The maximum atomic E-state index is 12.3. The second-order valence-corrected chi connectivity index (χ2v) is 7.21. The molecule has 2 aromatic rings. The molecule has 0 saturated carbocycles. The minimum absolute atomic E-state index is 0.00242. The lowest BCUT2D eigenvalue weighted by atomic mass is 9.99. The number of allylic oxidation sites excluding steroid dienone is 1. The standard InChI is InChI=1S/C22H24N2O4/c1-14-12-24(14)19-4-2-3-16-6-5-15(10-18(16)19)9-17(11-23)20(26)7-8-21(27)22(28)13-25/h2-6,9-10,14,21-22,25,27-28H,7-8,12-13H2,1H3/b17-9+. The Morgan fingerprint density at radius 2 is 2.07 bits per heavy atom. The molecular weight excluding hydrogens is 356 g/mol. The molecule has 1 heterocycles. The number of fused-ring (bicyclic) bond motifs is 1.